The SMILES string of the molecule is Nn1cnnc1N/N=C/c1ccc(-c2ccc(Cl)c(C(=O)O)c2)o1. The van der Waals surface area contributed by atoms with E-state index in [0.717, 1.165) is 0 Å². The number of furan rings is 1. The van der Waals surface area contributed by atoms with E-state index < -0.39 is 5.97 Å². The summed E-state index contributed by atoms with van der Waals surface area (Å²) in [5.74, 6) is 5.62. The summed E-state index contributed by atoms with van der Waals surface area (Å²) in [4.78, 5) is 11.1. The van der Waals surface area contributed by atoms with Crippen LogP contribution < -0.4 is 11.3 Å². The number of anilines is 1. The number of benzene rings is 1. The van der Waals surface area contributed by atoms with Crippen LogP contribution in [0.5, 0.6) is 0 Å². The molecule has 0 saturated heterocycles. The van der Waals surface area contributed by atoms with Crippen LogP contribution in [0.25, 0.3) is 11.3 Å². The summed E-state index contributed by atoms with van der Waals surface area (Å²) in [7, 11) is 0. The van der Waals surface area contributed by atoms with Crippen LogP contribution in [0.4, 0.5) is 5.95 Å². The number of hydrogen-bond donors (Lipinski definition) is 3. The van der Waals surface area contributed by atoms with Crippen molar-refractivity contribution in [2.45, 2.75) is 0 Å². The van der Waals surface area contributed by atoms with E-state index in [9.17, 15) is 4.79 Å². The Labute approximate surface area is 140 Å². The predicted octanol–water partition coefficient (Wildman–Crippen LogP) is 2.05. The molecule has 10 heteroatoms. The van der Waals surface area contributed by atoms with Gasteiger partial charge in [0.25, 0.3) is 5.95 Å². The number of carbonyl (C=O) groups is 1. The van der Waals surface area contributed by atoms with Crippen molar-refractivity contribution in [1.29, 1.82) is 0 Å². The average molecular weight is 347 g/mol. The number of rotatable bonds is 5. The molecule has 3 rings (SSSR count). The number of carboxylic acid groups (broad SMARTS) is 1. The molecule has 0 fully saturated rings. The van der Waals surface area contributed by atoms with E-state index in [0.29, 0.717) is 17.1 Å². The quantitative estimate of drug-likeness (QED) is 0.366. The smallest absolute Gasteiger partial charge is 0.337 e. The number of hydrogen-bond acceptors (Lipinski definition) is 7. The third-order valence-electron chi connectivity index (χ3n) is 3.04. The normalized spacial score (nSPS) is 11.0. The van der Waals surface area contributed by atoms with Crippen molar-refractivity contribution in [3.05, 3.63) is 53.0 Å². The number of carboxylic acids is 1. The lowest BCUT2D eigenvalue weighted by molar-refractivity contribution is 0.0697. The largest absolute Gasteiger partial charge is 0.478 e. The second-order valence-electron chi connectivity index (χ2n) is 4.63. The van der Waals surface area contributed by atoms with E-state index in [4.69, 9.17) is 27.0 Å². The van der Waals surface area contributed by atoms with Gasteiger partial charge in [0.2, 0.25) is 0 Å². The molecular weight excluding hydrogens is 336 g/mol. The highest BCUT2D eigenvalue weighted by Crippen LogP contribution is 2.26. The van der Waals surface area contributed by atoms with E-state index in [1.54, 1.807) is 18.2 Å². The van der Waals surface area contributed by atoms with Crippen LogP contribution >= 0.6 is 11.6 Å². The van der Waals surface area contributed by atoms with E-state index in [1.807, 2.05) is 0 Å². The Morgan fingerprint density at radius 3 is 2.96 bits per heavy atom. The van der Waals surface area contributed by atoms with Crippen molar-refractivity contribution in [1.82, 2.24) is 14.9 Å². The Morgan fingerprint density at radius 2 is 2.25 bits per heavy atom. The molecule has 0 unspecified atom stereocenters. The Balaban J connectivity index is 1.77. The minimum Gasteiger partial charge on any atom is -0.478 e. The first kappa shape index (κ1) is 15.6. The highest BCUT2D eigenvalue weighted by atomic mass is 35.5. The van der Waals surface area contributed by atoms with Gasteiger partial charge in [0.05, 0.1) is 16.8 Å². The van der Waals surface area contributed by atoms with Crippen molar-refractivity contribution in [3.8, 4) is 11.3 Å². The van der Waals surface area contributed by atoms with Gasteiger partial charge in [0.15, 0.2) is 0 Å². The first-order valence-electron chi connectivity index (χ1n) is 6.62. The number of nitrogens with one attached hydrogen (secondary N) is 1. The molecule has 0 aliphatic heterocycles. The summed E-state index contributed by atoms with van der Waals surface area (Å²) in [6.07, 6.45) is 2.75. The highest BCUT2D eigenvalue weighted by molar-refractivity contribution is 6.33. The van der Waals surface area contributed by atoms with Gasteiger partial charge >= 0.3 is 5.97 Å². The van der Waals surface area contributed by atoms with Crippen LogP contribution in [0.1, 0.15) is 16.1 Å². The number of aromatic carboxylic acids is 1. The third-order valence-corrected chi connectivity index (χ3v) is 3.37. The zero-order valence-electron chi connectivity index (χ0n) is 12.0. The van der Waals surface area contributed by atoms with Crippen molar-refractivity contribution in [2.24, 2.45) is 5.10 Å². The first-order valence-corrected chi connectivity index (χ1v) is 6.99. The molecule has 2 aromatic heterocycles. The maximum atomic E-state index is 11.1. The molecular formula is C14H11ClN6O3. The molecule has 1 aromatic carbocycles. The fourth-order valence-electron chi connectivity index (χ4n) is 1.90. The molecule has 122 valence electrons. The zero-order valence-corrected chi connectivity index (χ0v) is 12.8. The number of aromatic nitrogens is 3. The van der Waals surface area contributed by atoms with E-state index in [1.165, 1.54) is 29.4 Å². The Hall–Kier alpha value is -3.33. The molecule has 2 heterocycles. The van der Waals surface area contributed by atoms with Gasteiger partial charge in [0, 0.05) is 5.56 Å². The molecule has 9 nitrogen and oxygen atoms in total. The number of nitrogens with two attached hydrogens (primary N) is 1. The maximum Gasteiger partial charge on any atom is 0.337 e. The lowest BCUT2D eigenvalue weighted by atomic mass is 10.1. The van der Waals surface area contributed by atoms with Gasteiger partial charge in [-0.2, -0.15) is 5.10 Å². The molecule has 0 aliphatic carbocycles. The fourth-order valence-corrected chi connectivity index (χ4v) is 2.09. The maximum absolute atomic E-state index is 11.1. The minimum absolute atomic E-state index is 0.00438. The summed E-state index contributed by atoms with van der Waals surface area (Å²) >= 11 is 5.85. The molecule has 0 atom stereocenters. The van der Waals surface area contributed by atoms with Gasteiger partial charge in [0.1, 0.15) is 17.8 Å². The number of hydrazone groups is 1. The van der Waals surface area contributed by atoms with E-state index in [2.05, 4.69) is 20.7 Å². The van der Waals surface area contributed by atoms with Gasteiger partial charge in [-0.15, -0.1) is 10.2 Å². The molecule has 0 aliphatic rings. The summed E-state index contributed by atoms with van der Waals surface area (Å²) in [5.41, 5.74) is 3.19. The molecule has 24 heavy (non-hydrogen) atoms. The lowest BCUT2D eigenvalue weighted by Crippen LogP contribution is -2.10. The van der Waals surface area contributed by atoms with Gasteiger partial charge in [-0.3, -0.25) is 0 Å². The predicted molar refractivity (Wildman–Crippen MR) is 87.5 cm³/mol. The van der Waals surface area contributed by atoms with Gasteiger partial charge in [-0.25, -0.2) is 14.9 Å². The van der Waals surface area contributed by atoms with Gasteiger partial charge in [-0.1, -0.05) is 11.6 Å². The van der Waals surface area contributed by atoms with Crippen LogP contribution in [-0.4, -0.2) is 32.2 Å². The van der Waals surface area contributed by atoms with Crippen molar-refractivity contribution < 1.29 is 14.3 Å². The standard InChI is InChI=1S/C14H11ClN6O3/c15-11-3-1-8(5-10(11)13(22)23)12-4-2-9(24-12)6-17-19-14-20-18-7-21(14)16/h1-7H,16H2,(H,19,20)(H,22,23)/b17-6+. The molecule has 4 N–H and O–H groups in total. The first-order chi connectivity index (χ1) is 11.5. The Bertz CT molecular complexity index is 917. The van der Waals surface area contributed by atoms with Crippen molar-refractivity contribution in [2.75, 3.05) is 11.3 Å². The van der Waals surface area contributed by atoms with Crippen LogP contribution in [0, 0.1) is 0 Å². The molecule has 0 radical (unpaired) electrons. The van der Waals surface area contributed by atoms with E-state index in [-0.39, 0.29) is 16.5 Å². The fraction of sp³-hybridized carbons (Fsp3) is 0. The summed E-state index contributed by atoms with van der Waals surface area (Å²) in [6, 6.07) is 8.00. The Kier molecular flexibility index (Phi) is 4.17. The van der Waals surface area contributed by atoms with Gasteiger partial charge in [-0.05, 0) is 30.3 Å². The number of nitrogen functional groups attached to an aromatic ring is 1. The molecule has 0 saturated carbocycles. The van der Waals surface area contributed by atoms with Crippen molar-refractivity contribution >= 4 is 29.7 Å². The van der Waals surface area contributed by atoms with Crippen LogP contribution in [-0.2, 0) is 0 Å². The average Bonchev–Trinajstić information content (AvgIpc) is 3.17. The topological polar surface area (TPSA) is 132 Å². The summed E-state index contributed by atoms with van der Waals surface area (Å²) < 4.78 is 6.77. The molecule has 3 aromatic rings. The highest BCUT2D eigenvalue weighted by Gasteiger charge is 2.12. The number of halogens is 1. The van der Waals surface area contributed by atoms with E-state index >= 15 is 0 Å². The Morgan fingerprint density at radius 1 is 1.42 bits per heavy atom. The van der Waals surface area contributed by atoms with Crippen LogP contribution in [0.3, 0.4) is 0 Å². The van der Waals surface area contributed by atoms with Crippen LogP contribution in [0.2, 0.25) is 5.02 Å². The second kappa shape index (κ2) is 6.42. The summed E-state index contributed by atoms with van der Waals surface area (Å²) in [6.45, 7) is 0. The number of nitrogens with zero attached hydrogens (tertiary/aromatic N) is 4. The van der Waals surface area contributed by atoms with Crippen molar-refractivity contribution in [3.63, 3.8) is 0 Å². The lowest BCUT2D eigenvalue weighted by Gasteiger charge is -2.01. The monoisotopic (exact) mass is 346 g/mol. The molecule has 0 amide bonds. The minimum atomic E-state index is -1.11. The molecule has 0 bridgehead atoms. The second-order valence-corrected chi connectivity index (χ2v) is 5.04. The van der Waals surface area contributed by atoms with Gasteiger partial charge < -0.3 is 15.4 Å². The van der Waals surface area contributed by atoms with Crippen LogP contribution in [0.15, 0.2) is 46.2 Å². The third kappa shape index (κ3) is 3.20. The zero-order chi connectivity index (χ0) is 17.1. The molecule has 0 spiro atoms. The summed E-state index contributed by atoms with van der Waals surface area (Å²) in [5, 5.41) is 20.5.